The van der Waals surface area contributed by atoms with Crippen LogP contribution >= 0.6 is 0 Å². The Hall–Kier alpha value is -1.06. The maximum absolute atomic E-state index is 12.0. The molecule has 19 heavy (non-hydrogen) atoms. The van der Waals surface area contributed by atoms with Gasteiger partial charge in [0.25, 0.3) is 0 Å². The van der Waals surface area contributed by atoms with E-state index in [1.165, 1.54) is 12.8 Å². The Balaban J connectivity index is 4.03. The third-order valence-electron chi connectivity index (χ3n) is 3.31. The fraction of sp³-hybridized carbons (Fsp3) is 0.867. The lowest BCUT2D eigenvalue weighted by molar-refractivity contribution is -0.126. The molecule has 0 aromatic rings. The maximum Gasteiger partial charge on any atom is 0.242 e. The first-order valence-electron chi connectivity index (χ1n) is 7.65. The Labute approximate surface area is 117 Å². The maximum atomic E-state index is 12.0. The molecule has 0 saturated carbocycles. The van der Waals surface area contributed by atoms with Gasteiger partial charge in [0.1, 0.15) is 6.04 Å². The molecule has 2 N–H and O–H groups in total. The molecule has 0 aliphatic rings. The highest BCUT2D eigenvalue weighted by molar-refractivity contribution is 5.83. The molecule has 0 heterocycles. The minimum atomic E-state index is -0.377. The van der Waals surface area contributed by atoms with Gasteiger partial charge in [0.05, 0.1) is 0 Å². The second kappa shape index (κ2) is 12.0. The van der Waals surface area contributed by atoms with Crippen molar-refractivity contribution in [3.8, 4) is 0 Å². The van der Waals surface area contributed by atoms with Crippen LogP contribution in [0.25, 0.3) is 0 Å². The first-order valence-corrected chi connectivity index (χ1v) is 7.65. The zero-order valence-corrected chi connectivity index (χ0v) is 12.7. The third kappa shape index (κ3) is 9.51. The number of carbonyl (C=O) groups excluding carboxylic acids is 2. The second-order valence-electron chi connectivity index (χ2n) is 5.24. The molecule has 4 nitrogen and oxygen atoms in total. The molecule has 4 heteroatoms. The van der Waals surface area contributed by atoms with Crippen LogP contribution in [0.3, 0.4) is 0 Å². The van der Waals surface area contributed by atoms with Gasteiger partial charge >= 0.3 is 0 Å². The summed E-state index contributed by atoms with van der Waals surface area (Å²) in [6.45, 7) is 6.32. The van der Waals surface area contributed by atoms with Crippen LogP contribution in [0, 0.1) is 0 Å². The van der Waals surface area contributed by atoms with E-state index in [0.717, 1.165) is 38.5 Å². The first-order chi connectivity index (χ1) is 9.15. The highest BCUT2D eigenvalue weighted by Crippen LogP contribution is 2.06. The lowest BCUT2D eigenvalue weighted by Crippen LogP contribution is -2.46. The monoisotopic (exact) mass is 270 g/mol. The van der Waals surface area contributed by atoms with Crippen LogP contribution in [0.15, 0.2) is 0 Å². The summed E-state index contributed by atoms with van der Waals surface area (Å²) < 4.78 is 0. The van der Waals surface area contributed by atoms with Crippen LogP contribution in [0.2, 0.25) is 0 Å². The minimum Gasteiger partial charge on any atom is -0.352 e. The molecule has 0 rings (SSSR count). The first kappa shape index (κ1) is 17.9. The highest BCUT2D eigenvalue weighted by Gasteiger charge is 2.18. The van der Waals surface area contributed by atoms with E-state index >= 15 is 0 Å². The van der Waals surface area contributed by atoms with Crippen LogP contribution in [0.4, 0.5) is 0 Å². The molecule has 0 aliphatic heterocycles. The van der Waals surface area contributed by atoms with E-state index in [1.54, 1.807) is 0 Å². The predicted octanol–water partition coefficient (Wildman–Crippen LogP) is 2.77. The molecule has 2 atom stereocenters. The highest BCUT2D eigenvalue weighted by atomic mass is 16.2. The summed E-state index contributed by atoms with van der Waals surface area (Å²) in [4.78, 5) is 22.6. The smallest absolute Gasteiger partial charge is 0.242 e. The summed E-state index contributed by atoms with van der Waals surface area (Å²) in [6, 6.07) is -0.196. The van der Waals surface area contributed by atoms with E-state index < -0.39 is 0 Å². The average Bonchev–Trinajstić information content (AvgIpc) is 2.38. The molecule has 0 aromatic carbocycles. The van der Waals surface area contributed by atoms with Crippen LogP contribution in [-0.4, -0.2) is 24.4 Å². The molecule has 0 aromatic heterocycles. The van der Waals surface area contributed by atoms with E-state index in [2.05, 4.69) is 24.5 Å². The molecule has 0 unspecified atom stereocenters. The van der Waals surface area contributed by atoms with E-state index in [0.29, 0.717) is 6.41 Å². The van der Waals surface area contributed by atoms with Gasteiger partial charge in [-0.1, -0.05) is 52.4 Å². The SMILES string of the molecule is CCCCC[C@@H](C)NC(=O)[C@H](CCCCC)NC=O. The van der Waals surface area contributed by atoms with Gasteiger partial charge in [-0.3, -0.25) is 9.59 Å². The molecule has 0 bridgehead atoms. The molecule has 2 amide bonds. The van der Waals surface area contributed by atoms with Gasteiger partial charge in [0.2, 0.25) is 12.3 Å². The van der Waals surface area contributed by atoms with Gasteiger partial charge in [0, 0.05) is 6.04 Å². The summed E-state index contributed by atoms with van der Waals surface area (Å²) in [5.74, 6) is -0.0489. The lowest BCUT2D eigenvalue weighted by Gasteiger charge is -2.19. The summed E-state index contributed by atoms with van der Waals surface area (Å²) in [5.41, 5.74) is 0. The molecule has 0 spiro atoms. The molecular weight excluding hydrogens is 240 g/mol. The molecule has 0 radical (unpaired) electrons. The summed E-state index contributed by atoms with van der Waals surface area (Å²) in [6.07, 6.45) is 9.05. The standard InChI is InChI=1S/C15H30N2O2/c1-4-6-8-10-13(3)17-15(19)14(16-12-18)11-9-7-5-2/h12-14H,4-11H2,1-3H3,(H,16,18)(H,17,19)/t13-,14+/m1/s1. The number of hydrogen-bond acceptors (Lipinski definition) is 2. The number of rotatable bonds is 12. The van der Waals surface area contributed by atoms with Crippen LogP contribution in [0.1, 0.15) is 72.1 Å². The third-order valence-corrected chi connectivity index (χ3v) is 3.31. The number of nitrogens with one attached hydrogen (secondary N) is 2. The Morgan fingerprint density at radius 1 is 1.05 bits per heavy atom. The summed E-state index contributed by atoms with van der Waals surface area (Å²) in [5, 5.41) is 5.61. The molecular formula is C15H30N2O2. The van der Waals surface area contributed by atoms with E-state index in [1.807, 2.05) is 6.92 Å². The molecule has 0 aliphatic carbocycles. The largest absolute Gasteiger partial charge is 0.352 e. The van der Waals surface area contributed by atoms with Crippen LogP contribution in [0.5, 0.6) is 0 Å². The van der Waals surface area contributed by atoms with Crippen molar-refractivity contribution in [3.63, 3.8) is 0 Å². The van der Waals surface area contributed by atoms with Gasteiger partial charge in [0.15, 0.2) is 0 Å². The minimum absolute atomic E-state index is 0.0489. The fourth-order valence-corrected chi connectivity index (χ4v) is 2.09. The average molecular weight is 270 g/mol. The molecule has 112 valence electrons. The number of amides is 2. The van der Waals surface area contributed by atoms with E-state index in [9.17, 15) is 9.59 Å². The van der Waals surface area contributed by atoms with Gasteiger partial charge in [-0.05, 0) is 19.8 Å². The Kier molecular flexibility index (Phi) is 11.3. The van der Waals surface area contributed by atoms with Crippen molar-refractivity contribution in [1.29, 1.82) is 0 Å². The van der Waals surface area contributed by atoms with Crippen molar-refractivity contribution >= 4 is 12.3 Å². The quantitative estimate of drug-likeness (QED) is 0.423. The van der Waals surface area contributed by atoms with E-state index in [4.69, 9.17) is 0 Å². The van der Waals surface area contributed by atoms with Crippen LogP contribution in [-0.2, 0) is 9.59 Å². The number of hydrogen-bond donors (Lipinski definition) is 2. The van der Waals surface area contributed by atoms with Crippen molar-refractivity contribution in [3.05, 3.63) is 0 Å². The summed E-state index contributed by atoms with van der Waals surface area (Å²) >= 11 is 0. The lowest BCUT2D eigenvalue weighted by atomic mass is 10.1. The van der Waals surface area contributed by atoms with Crippen molar-refractivity contribution in [2.24, 2.45) is 0 Å². The topological polar surface area (TPSA) is 58.2 Å². The Morgan fingerprint density at radius 3 is 2.16 bits per heavy atom. The zero-order valence-electron chi connectivity index (χ0n) is 12.7. The van der Waals surface area contributed by atoms with Crippen molar-refractivity contribution in [2.45, 2.75) is 84.2 Å². The number of unbranched alkanes of at least 4 members (excludes halogenated alkanes) is 4. The van der Waals surface area contributed by atoms with Crippen molar-refractivity contribution in [2.75, 3.05) is 0 Å². The van der Waals surface area contributed by atoms with Gasteiger partial charge in [-0.25, -0.2) is 0 Å². The molecule has 0 fully saturated rings. The zero-order chi connectivity index (χ0) is 14.5. The Morgan fingerprint density at radius 2 is 1.63 bits per heavy atom. The van der Waals surface area contributed by atoms with Gasteiger partial charge < -0.3 is 10.6 Å². The molecule has 0 saturated heterocycles. The summed E-state index contributed by atoms with van der Waals surface area (Å²) in [7, 11) is 0. The second-order valence-corrected chi connectivity index (χ2v) is 5.24. The van der Waals surface area contributed by atoms with Crippen molar-refractivity contribution in [1.82, 2.24) is 10.6 Å². The fourth-order valence-electron chi connectivity index (χ4n) is 2.09. The van der Waals surface area contributed by atoms with E-state index in [-0.39, 0.29) is 18.0 Å². The number of carbonyl (C=O) groups is 2. The Bertz CT molecular complexity index is 244. The predicted molar refractivity (Wildman–Crippen MR) is 78.9 cm³/mol. The van der Waals surface area contributed by atoms with Gasteiger partial charge in [-0.15, -0.1) is 0 Å². The van der Waals surface area contributed by atoms with Crippen molar-refractivity contribution < 1.29 is 9.59 Å². The van der Waals surface area contributed by atoms with Gasteiger partial charge in [-0.2, -0.15) is 0 Å². The normalized spacial score (nSPS) is 13.6. The van der Waals surface area contributed by atoms with Crippen LogP contribution < -0.4 is 10.6 Å².